The lowest BCUT2D eigenvalue weighted by molar-refractivity contribution is -0.384. The zero-order valence-corrected chi connectivity index (χ0v) is 14.5. The highest BCUT2D eigenvalue weighted by molar-refractivity contribution is 7.89. The van der Waals surface area contributed by atoms with Crippen molar-refractivity contribution < 1.29 is 31.7 Å². The average Bonchev–Trinajstić information content (AvgIpc) is 2.62. The minimum atomic E-state index is -4.10. The number of halogens is 2. The van der Waals surface area contributed by atoms with Gasteiger partial charge in [-0.3, -0.25) is 14.9 Å². The number of rotatable bonds is 8. The molecular formula is C16H14F2N2O6S. The van der Waals surface area contributed by atoms with Crippen LogP contribution in [0.2, 0.25) is 0 Å². The lowest BCUT2D eigenvalue weighted by Gasteiger charge is -2.08. The van der Waals surface area contributed by atoms with Gasteiger partial charge in [-0.15, -0.1) is 0 Å². The topological polar surface area (TPSA) is 116 Å². The van der Waals surface area contributed by atoms with E-state index in [1.807, 2.05) is 0 Å². The summed E-state index contributed by atoms with van der Waals surface area (Å²) in [6.45, 7) is -0.437. The number of nitrogens with one attached hydrogen (secondary N) is 1. The minimum absolute atomic E-state index is 0.100. The van der Waals surface area contributed by atoms with Crippen LogP contribution in [0.4, 0.5) is 14.5 Å². The smallest absolute Gasteiger partial charge is 0.307 e. The molecular weight excluding hydrogens is 386 g/mol. The van der Waals surface area contributed by atoms with Crippen LogP contribution in [-0.2, 0) is 26.2 Å². The molecule has 2 aromatic rings. The molecule has 0 aliphatic carbocycles. The Kier molecular flexibility index (Phi) is 6.53. The van der Waals surface area contributed by atoms with Crippen molar-refractivity contribution in [2.75, 3.05) is 6.54 Å². The van der Waals surface area contributed by atoms with Crippen molar-refractivity contribution in [2.24, 2.45) is 0 Å². The average molecular weight is 400 g/mol. The molecule has 0 atom stereocenters. The maximum Gasteiger partial charge on any atom is 0.307 e. The second-order valence-electron chi connectivity index (χ2n) is 5.31. The van der Waals surface area contributed by atoms with Crippen LogP contribution in [0.25, 0.3) is 0 Å². The summed E-state index contributed by atoms with van der Waals surface area (Å²) in [5.74, 6) is -3.19. The molecule has 0 aliphatic rings. The molecule has 0 heterocycles. The van der Waals surface area contributed by atoms with E-state index >= 15 is 0 Å². The highest BCUT2D eigenvalue weighted by Gasteiger charge is 2.17. The van der Waals surface area contributed by atoms with Crippen LogP contribution < -0.4 is 4.72 Å². The van der Waals surface area contributed by atoms with Gasteiger partial charge in [-0.1, -0.05) is 0 Å². The largest absolute Gasteiger partial charge is 0.461 e. The highest BCUT2D eigenvalue weighted by atomic mass is 32.2. The summed E-state index contributed by atoms with van der Waals surface area (Å²) in [5.41, 5.74) is 0.424. The SMILES string of the molecule is O=C(CCNS(=O)(=O)c1ccc(F)c(F)c1)OCc1ccc([N+](=O)[O-])cc1. The number of carbonyl (C=O) groups excluding carboxylic acids is 1. The molecule has 0 saturated carbocycles. The molecule has 8 nitrogen and oxygen atoms in total. The van der Waals surface area contributed by atoms with Gasteiger partial charge in [0.1, 0.15) is 6.61 Å². The fourth-order valence-corrected chi connectivity index (χ4v) is 3.01. The van der Waals surface area contributed by atoms with Gasteiger partial charge in [0.15, 0.2) is 11.6 Å². The van der Waals surface area contributed by atoms with Gasteiger partial charge in [-0.25, -0.2) is 21.9 Å². The standard InChI is InChI=1S/C16H14F2N2O6S/c17-14-6-5-13(9-15(14)18)27(24,25)19-8-7-16(21)26-10-11-1-3-12(4-2-11)20(22)23/h1-6,9,19H,7-8,10H2. The molecule has 144 valence electrons. The molecule has 0 unspecified atom stereocenters. The van der Waals surface area contributed by atoms with Gasteiger partial charge in [0.05, 0.1) is 16.2 Å². The third-order valence-electron chi connectivity index (χ3n) is 3.37. The number of benzene rings is 2. The molecule has 0 aromatic heterocycles. The van der Waals surface area contributed by atoms with E-state index in [9.17, 15) is 32.1 Å². The number of ether oxygens (including phenoxy) is 1. The van der Waals surface area contributed by atoms with E-state index in [2.05, 4.69) is 4.72 Å². The van der Waals surface area contributed by atoms with E-state index in [-0.39, 0.29) is 25.3 Å². The first-order valence-corrected chi connectivity index (χ1v) is 9.01. The van der Waals surface area contributed by atoms with Crippen molar-refractivity contribution in [3.8, 4) is 0 Å². The van der Waals surface area contributed by atoms with E-state index in [1.165, 1.54) is 24.3 Å². The Balaban J connectivity index is 1.81. The molecule has 0 spiro atoms. The van der Waals surface area contributed by atoms with Crippen LogP contribution in [0.5, 0.6) is 0 Å². The Morgan fingerprint density at radius 3 is 2.37 bits per heavy atom. The number of hydrogen-bond donors (Lipinski definition) is 1. The summed E-state index contributed by atoms with van der Waals surface area (Å²) < 4.78 is 56.8. The summed E-state index contributed by atoms with van der Waals surface area (Å²) in [6, 6.07) is 7.49. The van der Waals surface area contributed by atoms with Crippen LogP contribution in [0.1, 0.15) is 12.0 Å². The van der Waals surface area contributed by atoms with E-state index in [4.69, 9.17) is 4.74 Å². The number of hydrogen-bond acceptors (Lipinski definition) is 6. The van der Waals surface area contributed by atoms with Crippen molar-refractivity contribution in [2.45, 2.75) is 17.9 Å². The lowest BCUT2D eigenvalue weighted by atomic mass is 10.2. The molecule has 0 radical (unpaired) electrons. The van der Waals surface area contributed by atoms with Crippen LogP contribution in [0.3, 0.4) is 0 Å². The van der Waals surface area contributed by atoms with E-state index in [1.54, 1.807) is 0 Å². The molecule has 2 aromatic carbocycles. The minimum Gasteiger partial charge on any atom is -0.461 e. The summed E-state index contributed by atoms with van der Waals surface area (Å²) >= 11 is 0. The number of carbonyl (C=O) groups is 1. The van der Waals surface area contributed by atoms with Gasteiger partial charge >= 0.3 is 5.97 Å². The first-order chi connectivity index (χ1) is 12.7. The Labute approximate surface area is 153 Å². The number of non-ortho nitro benzene ring substituents is 1. The molecule has 0 fully saturated rings. The molecule has 1 N–H and O–H groups in total. The summed E-state index contributed by atoms with van der Waals surface area (Å²) in [5, 5.41) is 10.5. The number of esters is 1. The Bertz CT molecular complexity index is 948. The van der Waals surface area contributed by atoms with Crippen LogP contribution in [0, 0.1) is 21.7 Å². The molecule has 0 aliphatic heterocycles. The van der Waals surface area contributed by atoms with Crippen molar-refractivity contribution in [3.05, 3.63) is 69.8 Å². The normalized spacial score (nSPS) is 11.2. The zero-order valence-electron chi connectivity index (χ0n) is 13.7. The van der Waals surface area contributed by atoms with Crippen LogP contribution in [0.15, 0.2) is 47.4 Å². The number of nitro groups is 1. The molecule has 0 saturated heterocycles. The summed E-state index contributed by atoms with van der Waals surface area (Å²) in [6.07, 6.45) is -0.296. The second-order valence-corrected chi connectivity index (χ2v) is 7.07. The van der Waals surface area contributed by atoms with Crippen molar-refractivity contribution in [3.63, 3.8) is 0 Å². The van der Waals surface area contributed by atoms with Crippen LogP contribution in [-0.4, -0.2) is 25.9 Å². The monoisotopic (exact) mass is 400 g/mol. The maximum absolute atomic E-state index is 13.1. The molecule has 11 heteroatoms. The Morgan fingerprint density at radius 1 is 1.11 bits per heavy atom. The highest BCUT2D eigenvalue weighted by Crippen LogP contribution is 2.14. The first kappa shape index (κ1) is 20.4. The van der Waals surface area contributed by atoms with E-state index in [0.29, 0.717) is 17.7 Å². The predicted molar refractivity (Wildman–Crippen MR) is 89.1 cm³/mol. The Morgan fingerprint density at radius 2 is 1.78 bits per heavy atom. The quantitative estimate of drug-likeness (QED) is 0.413. The molecule has 0 amide bonds. The van der Waals surface area contributed by atoms with Gasteiger partial charge in [0, 0.05) is 18.7 Å². The van der Waals surface area contributed by atoms with E-state index in [0.717, 1.165) is 6.07 Å². The zero-order chi connectivity index (χ0) is 20.0. The van der Waals surface area contributed by atoms with Gasteiger partial charge < -0.3 is 4.74 Å². The third kappa shape index (κ3) is 5.79. The summed E-state index contributed by atoms with van der Waals surface area (Å²) in [7, 11) is -4.10. The van der Waals surface area contributed by atoms with Crippen molar-refractivity contribution >= 4 is 21.7 Å². The van der Waals surface area contributed by atoms with Gasteiger partial charge in [0.2, 0.25) is 10.0 Å². The van der Waals surface area contributed by atoms with Crippen molar-refractivity contribution in [1.29, 1.82) is 0 Å². The number of nitro benzene ring substituents is 1. The fraction of sp³-hybridized carbons (Fsp3) is 0.188. The molecule has 0 bridgehead atoms. The fourth-order valence-electron chi connectivity index (χ4n) is 1.96. The second kappa shape index (κ2) is 8.64. The van der Waals surface area contributed by atoms with Gasteiger partial charge in [-0.05, 0) is 35.9 Å². The lowest BCUT2D eigenvalue weighted by Crippen LogP contribution is -2.27. The number of nitrogens with zero attached hydrogens (tertiary/aromatic N) is 1. The molecule has 2 rings (SSSR count). The first-order valence-electron chi connectivity index (χ1n) is 7.53. The summed E-state index contributed by atoms with van der Waals surface area (Å²) in [4.78, 5) is 21.1. The maximum atomic E-state index is 13.1. The van der Waals surface area contributed by atoms with Gasteiger partial charge in [-0.2, -0.15) is 0 Å². The van der Waals surface area contributed by atoms with Crippen LogP contribution >= 0.6 is 0 Å². The number of sulfonamides is 1. The Hall–Kier alpha value is -2.92. The predicted octanol–water partition coefficient (Wildman–Crippen LogP) is 2.28. The van der Waals surface area contributed by atoms with Gasteiger partial charge in [0.25, 0.3) is 5.69 Å². The third-order valence-corrected chi connectivity index (χ3v) is 4.83. The molecule has 27 heavy (non-hydrogen) atoms. The van der Waals surface area contributed by atoms with Crippen molar-refractivity contribution in [1.82, 2.24) is 4.72 Å². The van der Waals surface area contributed by atoms with E-state index < -0.39 is 37.4 Å².